The number of benzene rings is 3. The van der Waals surface area contributed by atoms with Crippen LogP contribution in [0.1, 0.15) is 11.3 Å². The number of phenolic OH excluding ortho intramolecular Hbond substituents is 1. The Bertz CT molecular complexity index is 1380. The van der Waals surface area contributed by atoms with Gasteiger partial charge in [0.1, 0.15) is 5.82 Å². The number of halogens is 2. The summed E-state index contributed by atoms with van der Waals surface area (Å²) in [5, 5.41) is 11.7. The number of hydrogen-bond acceptors (Lipinski definition) is 3. The number of fused-ring (bicyclic) bond motifs is 1. The molecule has 0 aliphatic rings. The lowest BCUT2D eigenvalue weighted by molar-refractivity contribution is 0.473. The molecule has 0 amide bonds. The van der Waals surface area contributed by atoms with Crippen LogP contribution < -0.4 is 4.72 Å². The molecule has 0 saturated carbocycles. The van der Waals surface area contributed by atoms with Gasteiger partial charge in [0.2, 0.25) is 0 Å². The number of sulfonamides is 1. The fourth-order valence-corrected chi connectivity index (χ4v) is 4.74. The molecule has 4 aromatic rings. The molecule has 0 unspecified atom stereocenters. The SMILES string of the molecule is Cc1c(C)n(-c2cc(NS(=O)(=O)c3ccc(F)cc3)cc(Cl)c2O)c2ccccc12. The second-order valence-electron chi connectivity index (χ2n) is 6.95. The lowest BCUT2D eigenvalue weighted by Crippen LogP contribution is -2.13. The smallest absolute Gasteiger partial charge is 0.261 e. The first kappa shape index (κ1) is 20.3. The van der Waals surface area contributed by atoms with Gasteiger partial charge < -0.3 is 9.67 Å². The van der Waals surface area contributed by atoms with Crippen LogP contribution in [0.3, 0.4) is 0 Å². The fraction of sp³-hybridized carbons (Fsp3) is 0.0909. The van der Waals surface area contributed by atoms with Crippen molar-refractivity contribution in [3.63, 3.8) is 0 Å². The monoisotopic (exact) mass is 444 g/mol. The van der Waals surface area contributed by atoms with E-state index in [4.69, 9.17) is 11.6 Å². The zero-order valence-electron chi connectivity index (χ0n) is 16.1. The van der Waals surface area contributed by atoms with Gasteiger partial charge in [0.15, 0.2) is 5.75 Å². The third kappa shape index (κ3) is 3.40. The van der Waals surface area contributed by atoms with E-state index >= 15 is 0 Å². The van der Waals surface area contributed by atoms with E-state index in [2.05, 4.69) is 4.72 Å². The molecule has 0 atom stereocenters. The summed E-state index contributed by atoms with van der Waals surface area (Å²) >= 11 is 6.23. The number of nitrogens with one attached hydrogen (secondary N) is 1. The predicted molar refractivity (Wildman–Crippen MR) is 117 cm³/mol. The Labute approximate surface area is 178 Å². The summed E-state index contributed by atoms with van der Waals surface area (Å²) in [6.45, 7) is 3.89. The number of anilines is 1. The van der Waals surface area contributed by atoms with E-state index in [1.807, 2.05) is 42.7 Å². The molecule has 0 aliphatic heterocycles. The molecule has 8 heteroatoms. The predicted octanol–water partition coefficient (Wildman–Crippen LogP) is 5.55. The van der Waals surface area contributed by atoms with E-state index in [0.717, 1.165) is 34.3 Å². The van der Waals surface area contributed by atoms with E-state index in [-0.39, 0.29) is 21.4 Å². The maximum atomic E-state index is 13.1. The molecule has 30 heavy (non-hydrogen) atoms. The molecule has 4 rings (SSSR count). The van der Waals surface area contributed by atoms with Gasteiger partial charge in [-0.1, -0.05) is 29.8 Å². The van der Waals surface area contributed by atoms with Gasteiger partial charge in [-0.25, -0.2) is 12.8 Å². The standard InChI is InChI=1S/C22H18ClFN2O3S/c1-13-14(2)26(20-6-4-3-5-18(13)20)21-12-16(11-19(23)22(21)27)25-30(28,29)17-9-7-15(24)8-10-17/h3-12,25,27H,1-2H3. The van der Waals surface area contributed by atoms with E-state index < -0.39 is 15.8 Å². The molecule has 2 N–H and O–H groups in total. The summed E-state index contributed by atoms with van der Waals surface area (Å²) in [4.78, 5) is -0.0897. The van der Waals surface area contributed by atoms with Gasteiger partial charge in [0.25, 0.3) is 10.0 Å². The molecule has 1 aromatic heterocycles. The number of nitrogens with zero attached hydrogens (tertiary/aromatic N) is 1. The largest absolute Gasteiger partial charge is 0.504 e. The van der Waals surface area contributed by atoms with Crippen LogP contribution in [0.2, 0.25) is 5.02 Å². The van der Waals surface area contributed by atoms with Crippen molar-refractivity contribution in [2.75, 3.05) is 4.72 Å². The quantitative estimate of drug-likeness (QED) is 0.405. The van der Waals surface area contributed by atoms with Gasteiger partial charge in [-0.15, -0.1) is 0 Å². The van der Waals surface area contributed by atoms with E-state index in [0.29, 0.717) is 5.69 Å². The van der Waals surface area contributed by atoms with Gasteiger partial charge in [-0.2, -0.15) is 0 Å². The van der Waals surface area contributed by atoms with Crippen molar-refractivity contribution in [2.24, 2.45) is 0 Å². The summed E-state index contributed by atoms with van der Waals surface area (Å²) in [7, 11) is -3.97. The number of hydrogen-bond donors (Lipinski definition) is 2. The first-order valence-corrected chi connectivity index (χ1v) is 10.9. The van der Waals surface area contributed by atoms with Gasteiger partial charge in [-0.3, -0.25) is 4.72 Å². The molecular formula is C22H18ClFN2O3S. The normalized spacial score (nSPS) is 11.7. The molecule has 1 heterocycles. The van der Waals surface area contributed by atoms with E-state index in [1.165, 1.54) is 24.3 Å². The highest BCUT2D eigenvalue weighted by atomic mass is 35.5. The average molecular weight is 445 g/mol. The lowest BCUT2D eigenvalue weighted by atomic mass is 10.2. The highest BCUT2D eigenvalue weighted by Crippen LogP contribution is 2.38. The summed E-state index contributed by atoms with van der Waals surface area (Å²) in [5.74, 6) is -0.695. The third-order valence-electron chi connectivity index (χ3n) is 5.09. The molecule has 0 aliphatic carbocycles. The van der Waals surface area contributed by atoms with Crippen molar-refractivity contribution in [3.8, 4) is 11.4 Å². The van der Waals surface area contributed by atoms with Gasteiger partial charge in [-0.05, 0) is 61.9 Å². The van der Waals surface area contributed by atoms with Crippen LogP contribution in [0, 0.1) is 19.7 Å². The van der Waals surface area contributed by atoms with Crippen molar-refractivity contribution in [3.05, 3.63) is 82.8 Å². The Morgan fingerprint density at radius 1 is 1.03 bits per heavy atom. The molecule has 5 nitrogen and oxygen atoms in total. The maximum Gasteiger partial charge on any atom is 0.261 e. The fourth-order valence-electron chi connectivity index (χ4n) is 3.48. The van der Waals surface area contributed by atoms with Gasteiger partial charge in [0, 0.05) is 11.1 Å². The topological polar surface area (TPSA) is 71.3 Å². The van der Waals surface area contributed by atoms with Crippen LogP contribution in [0.25, 0.3) is 16.6 Å². The molecule has 0 spiro atoms. The number of rotatable bonds is 4. The average Bonchev–Trinajstić information content (AvgIpc) is 2.95. The molecule has 154 valence electrons. The minimum absolute atomic E-state index is 0.000796. The van der Waals surface area contributed by atoms with Crippen molar-refractivity contribution < 1.29 is 17.9 Å². The van der Waals surface area contributed by atoms with Crippen molar-refractivity contribution in [2.45, 2.75) is 18.7 Å². The van der Waals surface area contributed by atoms with Crippen LogP contribution in [0.4, 0.5) is 10.1 Å². The first-order chi connectivity index (χ1) is 14.2. The van der Waals surface area contributed by atoms with Gasteiger partial charge in [0.05, 0.1) is 26.8 Å². The van der Waals surface area contributed by atoms with Crippen LogP contribution >= 0.6 is 11.6 Å². The number of para-hydroxylation sites is 1. The number of aromatic nitrogens is 1. The maximum absolute atomic E-state index is 13.1. The molecule has 3 aromatic carbocycles. The summed E-state index contributed by atoms with van der Waals surface area (Å²) in [6.07, 6.45) is 0. The van der Waals surface area contributed by atoms with Crippen LogP contribution in [-0.2, 0) is 10.0 Å². The van der Waals surface area contributed by atoms with Gasteiger partial charge >= 0.3 is 0 Å². The Balaban J connectivity index is 1.85. The Morgan fingerprint density at radius 3 is 2.40 bits per heavy atom. The number of aryl methyl sites for hydroxylation is 1. The summed E-state index contributed by atoms with van der Waals surface area (Å²) < 4.78 is 42.8. The molecule has 0 fully saturated rings. The Kier molecular flexibility index (Phi) is 4.95. The highest BCUT2D eigenvalue weighted by Gasteiger charge is 2.20. The zero-order valence-corrected chi connectivity index (χ0v) is 17.7. The van der Waals surface area contributed by atoms with Crippen LogP contribution in [0.15, 0.2) is 65.6 Å². The van der Waals surface area contributed by atoms with Crippen molar-refractivity contribution in [1.29, 1.82) is 0 Å². The number of phenols is 1. The first-order valence-electron chi connectivity index (χ1n) is 9.07. The van der Waals surface area contributed by atoms with Crippen molar-refractivity contribution >= 4 is 38.2 Å². The Morgan fingerprint density at radius 2 is 1.70 bits per heavy atom. The third-order valence-corrected chi connectivity index (χ3v) is 6.77. The Hall–Kier alpha value is -3.03. The second-order valence-corrected chi connectivity index (χ2v) is 9.04. The number of aromatic hydroxyl groups is 1. The lowest BCUT2D eigenvalue weighted by Gasteiger charge is -2.15. The highest BCUT2D eigenvalue weighted by molar-refractivity contribution is 7.92. The molecule has 0 radical (unpaired) electrons. The van der Waals surface area contributed by atoms with E-state index in [9.17, 15) is 17.9 Å². The molecule has 0 saturated heterocycles. The zero-order chi connectivity index (χ0) is 21.6. The summed E-state index contributed by atoms with van der Waals surface area (Å²) in [5.41, 5.74) is 3.31. The second kappa shape index (κ2) is 7.34. The minimum atomic E-state index is -3.97. The molecule has 0 bridgehead atoms. The van der Waals surface area contributed by atoms with Crippen LogP contribution in [0.5, 0.6) is 5.75 Å². The van der Waals surface area contributed by atoms with E-state index in [1.54, 1.807) is 0 Å². The minimum Gasteiger partial charge on any atom is -0.504 e. The molecular weight excluding hydrogens is 427 g/mol. The van der Waals surface area contributed by atoms with Crippen LogP contribution in [-0.4, -0.2) is 18.1 Å². The van der Waals surface area contributed by atoms with Crippen molar-refractivity contribution in [1.82, 2.24) is 4.57 Å². The summed E-state index contributed by atoms with van der Waals surface area (Å²) in [6, 6.07) is 15.0.